The summed E-state index contributed by atoms with van der Waals surface area (Å²) in [6, 6.07) is 9.26. The van der Waals surface area contributed by atoms with Gasteiger partial charge in [0, 0.05) is 29.9 Å². The van der Waals surface area contributed by atoms with Crippen LogP contribution in [0.2, 0.25) is 5.02 Å². The van der Waals surface area contributed by atoms with E-state index in [0.717, 1.165) is 11.1 Å². The lowest BCUT2D eigenvalue weighted by molar-refractivity contribution is 0.404. The molecule has 2 heterocycles. The molecule has 110 valence electrons. The van der Waals surface area contributed by atoms with Gasteiger partial charge in [-0.15, -0.1) is 0 Å². The second kappa shape index (κ2) is 5.66. The van der Waals surface area contributed by atoms with Gasteiger partial charge in [-0.3, -0.25) is 10.4 Å². The maximum atomic E-state index is 9.44. The summed E-state index contributed by atoms with van der Waals surface area (Å²) in [6.07, 6.45) is 3.19. The summed E-state index contributed by atoms with van der Waals surface area (Å²) in [5.74, 6) is -0.0153. The minimum absolute atomic E-state index is 0.0896. The highest BCUT2D eigenvalue weighted by molar-refractivity contribution is 6.30. The van der Waals surface area contributed by atoms with Gasteiger partial charge in [-0.2, -0.15) is 5.26 Å². The van der Waals surface area contributed by atoms with Crippen LogP contribution < -0.4 is 9.47 Å². The summed E-state index contributed by atoms with van der Waals surface area (Å²) >= 11 is 6.02. The van der Waals surface area contributed by atoms with Crippen molar-refractivity contribution in [2.24, 2.45) is 5.92 Å². The molecule has 0 aliphatic carbocycles. The van der Waals surface area contributed by atoms with Crippen molar-refractivity contribution in [3.05, 3.63) is 52.8 Å². The van der Waals surface area contributed by atoms with Crippen molar-refractivity contribution in [1.82, 2.24) is 4.98 Å². The van der Waals surface area contributed by atoms with E-state index in [2.05, 4.69) is 11.1 Å². The predicted octanol–water partition coefficient (Wildman–Crippen LogP) is 3.38. The normalized spacial score (nSPS) is 19.8. The molecule has 3 rings (SSSR count). The molecule has 1 aromatic carbocycles. The molecule has 1 N–H and O–H groups in total. The van der Waals surface area contributed by atoms with Crippen LogP contribution in [0.4, 0.5) is 0 Å². The van der Waals surface area contributed by atoms with Gasteiger partial charge >= 0.3 is 0 Å². The number of hydrogen-bond donors (Lipinski definition) is 1. The molecule has 0 fully saturated rings. The number of hydrogen-bond acceptors (Lipinski definition) is 5. The molecule has 22 heavy (non-hydrogen) atoms. The molecule has 2 aromatic rings. The molecule has 0 saturated heterocycles. The van der Waals surface area contributed by atoms with Gasteiger partial charge in [0.2, 0.25) is 5.90 Å². The van der Waals surface area contributed by atoms with Crippen LogP contribution in [-0.4, -0.2) is 18.0 Å². The van der Waals surface area contributed by atoms with Gasteiger partial charge in [-0.25, -0.2) is 0 Å². The van der Waals surface area contributed by atoms with Crippen molar-refractivity contribution in [2.75, 3.05) is 7.11 Å². The number of nitriles is 1. The average molecular weight is 314 g/mol. The molecule has 0 amide bonds. The highest BCUT2D eigenvalue weighted by Gasteiger charge is 2.37. The fourth-order valence-electron chi connectivity index (χ4n) is 2.60. The molecule has 1 aliphatic rings. The fraction of sp³-hybridized carbons (Fsp3) is 0.188. The Kier molecular flexibility index (Phi) is 3.70. The average Bonchev–Trinajstić information content (AvgIpc) is 2.52. The number of nitrogens with zero attached hydrogens (tertiary/aromatic N) is 2. The lowest BCUT2D eigenvalue weighted by Crippen LogP contribution is -2.31. The Balaban J connectivity index is 2.18. The molecule has 6 heteroatoms. The van der Waals surface area contributed by atoms with Gasteiger partial charge < -0.3 is 9.47 Å². The predicted molar refractivity (Wildman–Crippen MR) is 81.5 cm³/mol. The van der Waals surface area contributed by atoms with Gasteiger partial charge in [0.05, 0.1) is 18.2 Å². The summed E-state index contributed by atoms with van der Waals surface area (Å²) in [6.45, 7) is 0. The first-order chi connectivity index (χ1) is 10.6. The van der Waals surface area contributed by atoms with E-state index < -0.39 is 5.92 Å². The maximum Gasteiger partial charge on any atom is 0.205 e. The Bertz CT molecular complexity index is 785. The highest BCUT2D eigenvalue weighted by Crippen LogP contribution is 2.43. The largest absolute Gasteiger partial charge is 0.497 e. The zero-order valence-corrected chi connectivity index (χ0v) is 12.5. The summed E-state index contributed by atoms with van der Waals surface area (Å²) in [4.78, 5) is 4.08. The van der Waals surface area contributed by atoms with Crippen LogP contribution in [0.3, 0.4) is 0 Å². The number of aromatic nitrogens is 1. The third-order valence-corrected chi connectivity index (χ3v) is 3.82. The molecular formula is C16H12ClN3O2. The zero-order chi connectivity index (χ0) is 15.7. The van der Waals surface area contributed by atoms with Crippen molar-refractivity contribution < 1.29 is 9.47 Å². The lowest BCUT2D eigenvalue weighted by atomic mass is 9.80. The minimum atomic E-state index is -0.721. The third-order valence-electron chi connectivity index (χ3n) is 3.62. The lowest BCUT2D eigenvalue weighted by Gasteiger charge is -2.30. The van der Waals surface area contributed by atoms with Crippen molar-refractivity contribution in [2.45, 2.75) is 5.92 Å². The molecule has 0 bridgehead atoms. The number of ether oxygens (including phenoxy) is 2. The van der Waals surface area contributed by atoms with E-state index in [9.17, 15) is 5.26 Å². The van der Waals surface area contributed by atoms with E-state index in [1.54, 1.807) is 31.5 Å². The Hall–Kier alpha value is -2.58. The Labute approximate surface area is 132 Å². The zero-order valence-electron chi connectivity index (χ0n) is 11.7. The van der Waals surface area contributed by atoms with Crippen molar-refractivity contribution >= 4 is 17.5 Å². The quantitative estimate of drug-likeness (QED) is 0.921. The molecule has 0 saturated carbocycles. The van der Waals surface area contributed by atoms with E-state index in [1.807, 2.05) is 6.07 Å². The summed E-state index contributed by atoms with van der Waals surface area (Å²) < 4.78 is 10.7. The number of pyridine rings is 1. The van der Waals surface area contributed by atoms with E-state index in [4.69, 9.17) is 26.5 Å². The maximum absolute atomic E-state index is 9.44. The van der Waals surface area contributed by atoms with Crippen LogP contribution in [0.1, 0.15) is 17.0 Å². The molecular weight excluding hydrogens is 302 g/mol. The molecule has 2 unspecified atom stereocenters. The van der Waals surface area contributed by atoms with Crippen molar-refractivity contribution in [3.8, 4) is 17.6 Å². The topological polar surface area (TPSA) is 79.0 Å². The van der Waals surface area contributed by atoms with E-state index in [1.165, 1.54) is 6.20 Å². The van der Waals surface area contributed by atoms with Crippen LogP contribution in [0, 0.1) is 22.7 Å². The Morgan fingerprint density at radius 3 is 2.86 bits per heavy atom. The molecule has 0 radical (unpaired) electrons. The van der Waals surface area contributed by atoms with Gasteiger partial charge in [0.1, 0.15) is 17.4 Å². The number of nitrogens with one attached hydrogen (secondary N) is 1. The van der Waals surface area contributed by atoms with Crippen LogP contribution in [0.5, 0.6) is 11.5 Å². The number of halogens is 1. The smallest absolute Gasteiger partial charge is 0.205 e. The molecule has 1 aliphatic heterocycles. The van der Waals surface area contributed by atoms with Gasteiger partial charge in [0.15, 0.2) is 0 Å². The second-order valence-electron chi connectivity index (χ2n) is 4.89. The third kappa shape index (κ3) is 2.38. The number of fused-ring (bicyclic) bond motifs is 1. The van der Waals surface area contributed by atoms with E-state index in [-0.39, 0.29) is 11.8 Å². The van der Waals surface area contributed by atoms with Crippen molar-refractivity contribution in [3.63, 3.8) is 0 Å². The molecule has 0 spiro atoms. The SMILES string of the molecule is COc1ccc2c(c1)OC(=N)C(C#N)C2c1cncc(Cl)c1. The standard InChI is InChI=1S/C16H12ClN3O2/c1-21-11-2-3-12-14(5-11)22-16(19)13(6-18)15(12)9-4-10(17)8-20-7-9/h2-5,7-8,13,15,19H,1H3. The minimum Gasteiger partial charge on any atom is -0.497 e. The summed E-state index contributed by atoms with van der Waals surface area (Å²) in [5.41, 5.74) is 1.59. The van der Waals surface area contributed by atoms with Crippen LogP contribution in [0.15, 0.2) is 36.7 Å². The van der Waals surface area contributed by atoms with Gasteiger partial charge in [0.25, 0.3) is 0 Å². The number of benzene rings is 1. The summed E-state index contributed by atoms with van der Waals surface area (Å²) in [5, 5.41) is 17.9. The van der Waals surface area contributed by atoms with Crippen LogP contribution in [-0.2, 0) is 0 Å². The van der Waals surface area contributed by atoms with E-state index >= 15 is 0 Å². The molecule has 5 nitrogen and oxygen atoms in total. The monoisotopic (exact) mass is 313 g/mol. The Morgan fingerprint density at radius 2 is 2.18 bits per heavy atom. The fourth-order valence-corrected chi connectivity index (χ4v) is 2.79. The van der Waals surface area contributed by atoms with Crippen molar-refractivity contribution in [1.29, 1.82) is 10.7 Å². The van der Waals surface area contributed by atoms with Gasteiger partial charge in [-0.1, -0.05) is 17.7 Å². The van der Waals surface area contributed by atoms with Gasteiger partial charge in [-0.05, 0) is 17.7 Å². The van der Waals surface area contributed by atoms with Crippen LogP contribution >= 0.6 is 11.6 Å². The number of methoxy groups -OCH3 is 1. The second-order valence-corrected chi connectivity index (χ2v) is 5.33. The molecule has 1 aromatic heterocycles. The summed E-state index contributed by atoms with van der Waals surface area (Å²) in [7, 11) is 1.56. The first kappa shape index (κ1) is 14.4. The first-order valence-corrected chi connectivity index (χ1v) is 6.96. The van der Waals surface area contributed by atoms with Crippen LogP contribution in [0.25, 0.3) is 0 Å². The molecule has 2 atom stereocenters. The number of rotatable bonds is 2. The van der Waals surface area contributed by atoms with E-state index in [0.29, 0.717) is 16.5 Å². The highest BCUT2D eigenvalue weighted by atomic mass is 35.5. The Morgan fingerprint density at radius 1 is 1.36 bits per heavy atom. The first-order valence-electron chi connectivity index (χ1n) is 6.58.